The zero-order chi connectivity index (χ0) is 23.3. The summed E-state index contributed by atoms with van der Waals surface area (Å²) in [6.45, 7) is 3.98. The molecule has 1 N–H and O–H groups in total. The molecule has 1 aromatic heterocycles. The molecular formula is C24H18FN3O4S. The van der Waals surface area contributed by atoms with Crippen LogP contribution in [0.5, 0.6) is 11.5 Å². The first-order valence-corrected chi connectivity index (χ1v) is 10.5. The van der Waals surface area contributed by atoms with Crippen LogP contribution in [0.15, 0.2) is 54.1 Å². The van der Waals surface area contributed by atoms with Gasteiger partial charge in [0.1, 0.15) is 11.4 Å². The van der Waals surface area contributed by atoms with Crippen LogP contribution in [0.4, 0.5) is 10.1 Å². The fraction of sp³-hybridized carbons (Fsp3) is 0.125. The van der Waals surface area contributed by atoms with Crippen LogP contribution in [0.1, 0.15) is 17.0 Å². The van der Waals surface area contributed by atoms with Gasteiger partial charge in [-0.2, -0.15) is 0 Å². The summed E-state index contributed by atoms with van der Waals surface area (Å²) < 4.78 is 27.2. The van der Waals surface area contributed by atoms with Gasteiger partial charge in [0.2, 0.25) is 6.79 Å². The second-order valence-corrected chi connectivity index (χ2v) is 8.00. The van der Waals surface area contributed by atoms with Crippen LogP contribution in [-0.2, 0) is 9.59 Å². The van der Waals surface area contributed by atoms with E-state index in [2.05, 4.69) is 5.32 Å². The topological polar surface area (TPSA) is 72.8 Å². The average Bonchev–Trinajstić information content (AvgIpc) is 3.35. The van der Waals surface area contributed by atoms with Gasteiger partial charge in [-0.15, -0.1) is 0 Å². The number of rotatable bonds is 3. The molecule has 0 saturated carbocycles. The zero-order valence-corrected chi connectivity index (χ0v) is 18.5. The minimum Gasteiger partial charge on any atom is -0.454 e. The number of ether oxygens (including phenoxy) is 2. The molecule has 1 saturated heterocycles. The summed E-state index contributed by atoms with van der Waals surface area (Å²) in [6, 6.07) is 13.2. The predicted molar refractivity (Wildman–Crippen MR) is 124 cm³/mol. The van der Waals surface area contributed by atoms with Crippen LogP contribution < -0.4 is 19.7 Å². The lowest BCUT2D eigenvalue weighted by molar-refractivity contribution is -0.122. The number of hydrogen-bond acceptors (Lipinski definition) is 5. The predicted octanol–water partition coefficient (Wildman–Crippen LogP) is 3.79. The summed E-state index contributed by atoms with van der Waals surface area (Å²) in [5.41, 5.74) is 3.06. The van der Waals surface area contributed by atoms with Crippen LogP contribution in [0, 0.1) is 19.7 Å². The third-order valence-electron chi connectivity index (χ3n) is 5.58. The van der Waals surface area contributed by atoms with Crippen molar-refractivity contribution < 1.29 is 23.5 Å². The molecule has 2 aliphatic rings. The minimum atomic E-state index is -0.693. The average molecular weight is 463 g/mol. The number of halogens is 1. The van der Waals surface area contributed by atoms with E-state index < -0.39 is 17.6 Å². The third kappa shape index (κ3) is 3.46. The van der Waals surface area contributed by atoms with Gasteiger partial charge in [-0.1, -0.05) is 12.1 Å². The molecule has 2 aromatic carbocycles. The molecule has 0 atom stereocenters. The first-order valence-electron chi connectivity index (χ1n) is 10.1. The normalized spacial score (nSPS) is 16.5. The highest BCUT2D eigenvalue weighted by Crippen LogP contribution is 2.35. The molecule has 2 amide bonds. The molecule has 2 aliphatic heterocycles. The Hall–Kier alpha value is -3.98. The zero-order valence-electron chi connectivity index (χ0n) is 17.7. The quantitative estimate of drug-likeness (QED) is 0.364. The van der Waals surface area contributed by atoms with Crippen molar-refractivity contribution in [1.82, 2.24) is 9.88 Å². The number of anilines is 1. The lowest BCUT2D eigenvalue weighted by Crippen LogP contribution is -2.54. The summed E-state index contributed by atoms with van der Waals surface area (Å²) in [7, 11) is 0. The van der Waals surface area contributed by atoms with Crippen molar-refractivity contribution in [3.05, 3.63) is 76.9 Å². The molecule has 0 radical (unpaired) electrons. The van der Waals surface area contributed by atoms with Gasteiger partial charge < -0.3 is 14.0 Å². The summed E-state index contributed by atoms with van der Waals surface area (Å²) in [5.74, 6) is -0.620. The monoisotopic (exact) mass is 463 g/mol. The largest absolute Gasteiger partial charge is 0.454 e. The number of aryl methyl sites for hydroxylation is 1. The lowest BCUT2D eigenvalue weighted by Gasteiger charge is -2.29. The standard InChI is InChI=1S/C24H18FN3O4S/c1-13-9-15(14(2)27(13)16-7-8-20-21(11-16)32-12-31-20)10-17-22(29)26-24(33)28(23(17)30)19-6-4-3-5-18(19)25/h3-11H,12H2,1-2H3,(H,26,29,33)/b17-10+. The maximum Gasteiger partial charge on any atom is 0.270 e. The van der Waals surface area contributed by atoms with Gasteiger partial charge in [0.15, 0.2) is 16.6 Å². The molecule has 3 aromatic rings. The Labute approximate surface area is 194 Å². The smallest absolute Gasteiger partial charge is 0.270 e. The SMILES string of the molecule is Cc1cc(/C=C2\C(=O)NC(=S)N(c3ccccc3F)C2=O)c(C)n1-c1ccc2c(c1)OCO2. The van der Waals surface area contributed by atoms with Gasteiger partial charge >= 0.3 is 0 Å². The number of para-hydroxylation sites is 1. The van der Waals surface area contributed by atoms with E-state index in [1.54, 1.807) is 6.07 Å². The minimum absolute atomic E-state index is 0.0239. The highest BCUT2D eigenvalue weighted by Gasteiger charge is 2.36. The Kier molecular flexibility index (Phi) is 4.98. The molecule has 33 heavy (non-hydrogen) atoms. The van der Waals surface area contributed by atoms with Crippen LogP contribution in [-0.4, -0.2) is 28.3 Å². The van der Waals surface area contributed by atoms with Crippen molar-refractivity contribution in [3.63, 3.8) is 0 Å². The molecule has 5 rings (SSSR count). The number of carbonyl (C=O) groups is 2. The molecule has 0 aliphatic carbocycles. The van der Waals surface area contributed by atoms with Crippen LogP contribution in [0.25, 0.3) is 11.8 Å². The van der Waals surface area contributed by atoms with E-state index in [1.807, 2.05) is 42.7 Å². The fourth-order valence-electron chi connectivity index (χ4n) is 4.02. The van der Waals surface area contributed by atoms with E-state index in [0.29, 0.717) is 17.1 Å². The van der Waals surface area contributed by atoms with Gasteiger partial charge in [-0.3, -0.25) is 14.9 Å². The van der Waals surface area contributed by atoms with Gasteiger partial charge in [0.05, 0.1) is 5.69 Å². The van der Waals surface area contributed by atoms with Crippen LogP contribution >= 0.6 is 12.2 Å². The molecule has 166 valence electrons. The maximum atomic E-state index is 14.4. The molecular weight excluding hydrogens is 445 g/mol. The second kappa shape index (κ2) is 7.86. The van der Waals surface area contributed by atoms with E-state index in [-0.39, 0.29) is 23.2 Å². The van der Waals surface area contributed by atoms with Crippen LogP contribution in [0.2, 0.25) is 0 Å². The van der Waals surface area contributed by atoms with E-state index in [1.165, 1.54) is 24.3 Å². The molecule has 0 bridgehead atoms. The van der Waals surface area contributed by atoms with Gasteiger partial charge in [-0.05, 0) is 68.0 Å². The Morgan fingerprint density at radius 2 is 1.82 bits per heavy atom. The van der Waals surface area contributed by atoms with E-state index in [4.69, 9.17) is 21.7 Å². The molecule has 0 spiro atoms. The van der Waals surface area contributed by atoms with Crippen molar-refractivity contribution in [2.75, 3.05) is 11.7 Å². The number of nitrogens with one attached hydrogen (secondary N) is 1. The first-order chi connectivity index (χ1) is 15.8. The van der Waals surface area contributed by atoms with Crippen molar-refractivity contribution in [2.24, 2.45) is 0 Å². The Morgan fingerprint density at radius 1 is 1.06 bits per heavy atom. The fourth-order valence-corrected chi connectivity index (χ4v) is 4.29. The highest BCUT2D eigenvalue weighted by molar-refractivity contribution is 7.80. The van der Waals surface area contributed by atoms with Crippen molar-refractivity contribution in [2.45, 2.75) is 13.8 Å². The maximum absolute atomic E-state index is 14.4. The number of amides is 2. The van der Waals surface area contributed by atoms with Crippen molar-refractivity contribution >= 4 is 40.9 Å². The third-order valence-corrected chi connectivity index (χ3v) is 5.86. The van der Waals surface area contributed by atoms with Gasteiger partial charge in [0.25, 0.3) is 11.8 Å². The summed E-state index contributed by atoms with van der Waals surface area (Å²) in [6.07, 6.45) is 1.50. The van der Waals surface area contributed by atoms with Crippen molar-refractivity contribution in [3.8, 4) is 17.2 Å². The lowest BCUT2D eigenvalue weighted by atomic mass is 10.1. The molecule has 7 nitrogen and oxygen atoms in total. The first kappa shape index (κ1) is 20.9. The highest BCUT2D eigenvalue weighted by atomic mass is 32.1. The number of thiocarbonyl (C=S) groups is 1. The number of fused-ring (bicyclic) bond motifs is 1. The molecule has 9 heteroatoms. The summed E-state index contributed by atoms with van der Waals surface area (Å²) in [5, 5.41) is 2.31. The van der Waals surface area contributed by atoms with Gasteiger partial charge in [0, 0.05) is 23.1 Å². The van der Waals surface area contributed by atoms with Crippen LogP contribution in [0.3, 0.4) is 0 Å². The number of carbonyl (C=O) groups excluding carboxylic acids is 2. The molecule has 3 heterocycles. The molecule has 1 fully saturated rings. The van der Waals surface area contributed by atoms with E-state index >= 15 is 0 Å². The number of hydrogen-bond donors (Lipinski definition) is 1. The van der Waals surface area contributed by atoms with Gasteiger partial charge in [-0.25, -0.2) is 9.29 Å². The Bertz CT molecular complexity index is 1380. The van der Waals surface area contributed by atoms with E-state index in [9.17, 15) is 14.0 Å². The summed E-state index contributed by atoms with van der Waals surface area (Å²) >= 11 is 5.15. The second-order valence-electron chi connectivity index (χ2n) is 7.61. The number of aromatic nitrogens is 1. The number of benzene rings is 2. The summed E-state index contributed by atoms with van der Waals surface area (Å²) in [4.78, 5) is 26.8. The molecule has 0 unspecified atom stereocenters. The Balaban J connectivity index is 1.55. The number of nitrogens with zero attached hydrogens (tertiary/aromatic N) is 2. The van der Waals surface area contributed by atoms with Crippen molar-refractivity contribution in [1.29, 1.82) is 0 Å². The van der Waals surface area contributed by atoms with E-state index in [0.717, 1.165) is 22.0 Å². The Morgan fingerprint density at radius 3 is 2.61 bits per heavy atom.